The van der Waals surface area contributed by atoms with Gasteiger partial charge in [-0.2, -0.15) is 0 Å². The first-order valence-electron chi connectivity index (χ1n) is 9.67. The summed E-state index contributed by atoms with van der Waals surface area (Å²) >= 11 is 1.79. The Morgan fingerprint density at radius 1 is 1.15 bits per heavy atom. The molecular weight excluding hydrogens is 360 g/mol. The number of piperazine rings is 1. The minimum absolute atomic E-state index is 0.0636. The second-order valence-corrected chi connectivity index (χ2v) is 8.12. The number of hydrogen-bond acceptors (Lipinski definition) is 5. The molecule has 0 spiro atoms. The van der Waals surface area contributed by atoms with E-state index in [4.69, 9.17) is 9.47 Å². The molecule has 0 N–H and O–H groups in total. The predicted octanol–water partition coefficient (Wildman–Crippen LogP) is 3.26. The maximum absolute atomic E-state index is 13.0. The summed E-state index contributed by atoms with van der Waals surface area (Å²) in [5.74, 6) is 0.729. The van der Waals surface area contributed by atoms with E-state index in [1.54, 1.807) is 11.3 Å². The van der Waals surface area contributed by atoms with Crippen molar-refractivity contribution < 1.29 is 14.3 Å². The van der Waals surface area contributed by atoms with Crippen LogP contribution in [0.25, 0.3) is 0 Å². The largest absolute Gasteiger partial charge is 0.490 e. The fraction of sp³-hybridized carbons (Fsp3) is 0.476. The molecule has 1 unspecified atom stereocenters. The normalized spacial score (nSPS) is 20.7. The van der Waals surface area contributed by atoms with E-state index in [-0.39, 0.29) is 12.0 Å². The molecule has 6 heteroatoms. The van der Waals surface area contributed by atoms with E-state index >= 15 is 0 Å². The third-order valence-electron chi connectivity index (χ3n) is 5.19. The molecule has 0 saturated carbocycles. The van der Waals surface area contributed by atoms with E-state index in [1.165, 1.54) is 4.88 Å². The van der Waals surface area contributed by atoms with Crippen LogP contribution >= 0.6 is 11.3 Å². The van der Waals surface area contributed by atoms with Gasteiger partial charge in [0.2, 0.25) is 0 Å². The molecule has 2 aromatic rings. The van der Waals surface area contributed by atoms with Crippen LogP contribution in [0, 0.1) is 0 Å². The van der Waals surface area contributed by atoms with E-state index < -0.39 is 0 Å². The zero-order chi connectivity index (χ0) is 18.5. The van der Waals surface area contributed by atoms with E-state index in [0.29, 0.717) is 17.9 Å². The number of carbonyl (C=O) groups is 1. The highest BCUT2D eigenvalue weighted by Gasteiger charge is 2.25. The van der Waals surface area contributed by atoms with Crippen molar-refractivity contribution in [1.82, 2.24) is 9.80 Å². The van der Waals surface area contributed by atoms with Crippen LogP contribution in [0.1, 0.15) is 28.1 Å². The Hall–Kier alpha value is -1.89. The lowest BCUT2D eigenvalue weighted by Gasteiger charge is -2.34. The summed E-state index contributed by atoms with van der Waals surface area (Å²) in [6.07, 6.45) is 2.26. The van der Waals surface area contributed by atoms with Crippen molar-refractivity contribution in [1.29, 1.82) is 0 Å². The maximum Gasteiger partial charge on any atom is 0.257 e. The van der Waals surface area contributed by atoms with E-state index in [0.717, 1.165) is 52.2 Å². The number of benzene rings is 1. The quantitative estimate of drug-likeness (QED) is 0.764. The van der Waals surface area contributed by atoms with Crippen LogP contribution in [-0.2, 0) is 11.3 Å². The molecule has 5 nitrogen and oxygen atoms in total. The van der Waals surface area contributed by atoms with Gasteiger partial charge in [-0.15, -0.1) is 11.3 Å². The van der Waals surface area contributed by atoms with Gasteiger partial charge in [-0.1, -0.05) is 18.2 Å². The van der Waals surface area contributed by atoms with E-state index in [2.05, 4.69) is 22.4 Å². The Balaban J connectivity index is 1.34. The standard InChI is InChI=1S/C21H26N2O3S/c24-21(23-11-9-22(10-12-23)15-18-6-4-14-27-18)19-7-1-2-8-20(19)26-16-17-5-3-13-25-17/h1-2,4,6-8,14,17H,3,5,9-13,15-16H2. The third-order valence-corrected chi connectivity index (χ3v) is 6.05. The molecule has 2 saturated heterocycles. The second-order valence-electron chi connectivity index (χ2n) is 7.09. The third kappa shape index (κ3) is 4.69. The van der Waals surface area contributed by atoms with Crippen LogP contribution in [0.4, 0.5) is 0 Å². The van der Waals surface area contributed by atoms with Gasteiger partial charge in [0.15, 0.2) is 0 Å². The summed E-state index contributed by atoms with van der Waals surface area (Å²) in [5, 5.41) is 2.11. The van der Waals surface area contributed by atoms with Crippen LogP contribution in [0.2, 0.25) is 0 Å². The van der Waals surface area contributed by atoms with Crippen molar-refractivity contribution in [2.75, 3.05) is 39.4 Å². The molecule has 2 aliphatic rings. The van der Waals surface area contributed by atoms with Gasteiger partial charge >= 0.3 is 0 Å². The highest BCUT2D eigenvalue weighted by molar-refractivity contribution is 7.09. The summed E-state index contributed by atoms with van der Waals surface area (Å²) in [6, 6.07) is 11.8. The minimum Gasteiger partial charge on any atom is -0.490 e. The average molecular weight is 387 g/mol. The summed E-state index contributed by atoms with van der Waals surface area (Å²) in [5.41, 5.74) is 0.655. The Morgan fingerprint density at radius 2 is 2.00 bits per heavy atom. The topological polar surface area (TPSA) is 42.0 Å². The van der Waals surface area contributed by atoms with Crippen molar-refractivity contribution in [3.8, 4) is 5.75 Å². The van der Waals surface area contributed by atoms with Gasteiger partial charge in [0.1, 0.15) is 12.4 Å². The highest BCUT2D eigenvalue weighted by atomic mass is 32.1. The van der Waals surface area contributed by atoms with E-state index in [9.17, 15) is 4.79 Å². The van der Waals surface area contributed by atoms with Crippen molar-refractivity contribution >= 4 is 17.2 Å². The number of para-hydroxylation sites is 1. The predicted molar refractivity (Wildman–Crippen MR) is 106 cm³/mol. The van der Waals surface area contributed by atoms with Crippen LogP contribution < -0.4 is 4.74 Å². The van der Waals surface area contributed by atoms with Gasteiger partial charge < -0.3 is 14.4 Å². The van der Waals surface area contributed by atoms with Crippen LogP contribution in [-0.4, -0.2) is 61.2 Å². The van der Waals surface area contributed by atoms with Crippen LogP contribution in [0.15, 0.2) is 41.8 Å². The lowest BCUT2D eigenvalue weighted by Crippen LogP contribution is -2.48. The molecule has 0 aliphatic carbocycles. The number of hydrogen-bond donors (Lipinski definition) is 0. The molecule has 1 aromatic heterocycles. The molecule has 27 heavy (non-hydrogen) atoms. The number of amides is 1. The van der Waals surface area contributed by atoms with Crippen molar-refractivity contribution in [3.63, 3.8) is 0 Å². The van der Waals surface area contributed by atoms with Gasteiger partial charge in [-0.05, 0) is 36.4 Å². The van der Waals surface area contributed by atoms with E-state index in [1.807, 2.05) is 29.2 Å². The average Bonchev–Trinajstić information content (AvgIpc) is 3.41. The fourth-order valence-electron chi connectivity index (χ4n) is 3.63. The zero-order valence-corrected chi connectivity index (χ0v) is 16.3. The lowest BCUT2D eigenvalue weighted by molar-refractivity contribution is 0.0594. The summed E-state index contributed by atoms with van der Waals surface area (Å²) in [4.78, 5) is 18.8. The van der Waals surface area contributed by atoms with Crippen molar-refractivity contribution in [2.24, 2.45) is 0 Å². The van der Waals surface area contributed by atoms with Crippen molar-refractivity contribution in [3.05, 3.63) is 52.2 Å². The Labute approximate surface area is 164 Å². The first kappa shape index (κ1) is 18.5. The summed E-state index contributed by atoms with van der Waals surface area (Å²) < 4.78 is 11.6. The van der Waals surface area contributed by atoms with Crippen LogP contribution in [0.3, 0.4) is 0 Å². The monoisotopic (exact) mass is 386 g/mol. The molecule has 1 amide bonds. The molecule has 0 bridgehead atoms. The molecular formula is C21H26N2O3S. The van der Waals surface area contributed by atoms with Gasteiger partial charge in [0, 0.05) is 44.2 Å². The number of carbonyl (C=O) groups excluding carboxylic acids is 1. The Kier molecular flexibility index (Phi) is 6.07. The Morgan fingerprint density at radius 3 is 2.74 bits per heavy atom. The molecule has 144 valence electrons. The first-order chi connectivity index (χ1) is 13.3. The zero-order valence-electron chi connectivity index (χ0n) is 15.5. The first-order valence-corrected chi connectivity index (χ1v) is 10.5. The lowest BCUT2D eigenvalue weighted by atomic mass is 10.1. The number of ether oxygens (including phenoxy) is 2. The van der Waals surface area contributed by atoms with Gasteiger partial charge in [-0.3, -0.25) is 9.69 Å². The van der Waals surface area contributed by atoms with Crippen molar-refractivity contribution in [2.45, 2.75) is 25.5 Å². The van der Waals surface area contributed by atoms with Gasteiger partial charge in [0.25, 0.3) is 5.91 Å². The van der Waals surface area contributed by atoms with Crippen LogP contribution in [0.5, 0.6) is 5.75 Å². The van der Waals surface area contributed by atoms with Gasteiger partial charge in [-0.25, -0.2) is 0 Å². The molecule has 0 radical (unpaired) electrons. The summed E-state index contributed by atoms with van der Waals surface area (Å²) in [7, 11) is 0. The number of thiophene rings is 1. The SMILES string of the molecule is O=C(c1ccccc1OCC1CCCO1)N1CCN(Cc2cccs2)CC1. The Bertz CT molecular complexity index is 736. The minimum atomic E-state index is 0.0636. The second kappa shape index (κ2) is 8.87. The number of rotatable bonds is 6. The fourth-order valence-corrected chi connectivity index (χ4v) is 4.38. The highest BCUT2D eigenvalue weighted by Crippen LogP contribution is 2.23. The molecule has 1 atom stereocenters. The molecule has 2 aliphatic heterocycles. The molecule has 4 rings (SSSR count). The molecule has 1 aromatic carbocycles. The summed E-state index contributed by atoms with van der Waals surface area (Å²) in [6.45, 7) is 5.61. The maximum atomic E-state index is 13.0. The molecule has 3 heterocycles. The smallest absolute Gasteiger partial charge is 0.257 e. The number of nitrogens with zero attached hydrogens (tertiary/aromatic N) is 2. The molecule has 2 fully saturated rings. The van der Waals surface area contributed by atoms with Gasteiger partial charge in [0.05, 0.1) is 11.7 Å².